The van der Waals surface area contributed by atoms with Gasteiger partial charge in [-0.1, -0.05) is 48.0 Å². The molecule has 0 spiro atoms. The molecule has 0 aromatic heterocycles. The maximum Gasteiger partial charge on any atom is 0.297 e. The van der Waals surface area contributed by atoms with Crippen LogP contribution >= 0.6 is 0 Å². The lowest BCUT2D eigenvalue weighted by molar-refractivity contribution is 0.158. The monoisotopic (exact) mass is 359 g/mol. The van der Waals surface area contributed by atoms with Gasteiger partial charge in [0.2, 0.25) is 0 Å². The fraction of sp³-hybridized carbons (Fsp3) is 0.400. The fourth-order valence-electron chi connectivity index (χ4n) is 3.27. The van der Waals surface area contributed by atoms with Crippen molar-refractivity contribution < 1.29 is 12.6 Å². The average Bonchev–Trinajstić information content (AvgIpc) is 3.04. The van der Waals surface area contributed by atoms with Crippen molar-refractivity contribution in [2.75, 3.05) is 13.1 Å². The van der Waals surface area contributed by atoms with Crippen molar-refractivity contribution in [1.29, 1.82) is 0 Å². The van der Waals surface area contributed by atoms with Gasteiger partial charge in [0.05, 0.1) is 11.0 Å². The van der Waals surface area contributed by atoms with Gasteiger partial charge in [-0.2, -0.15) is 8.42 Å². The smallest absolute Gasteiger partial charge is 0.297 e. The lowest BCUT2D eigenvalue weighted by atomic mass is 10.0. The lowest BCUT2D eigenvalue weighted by Crippen LogP contribution is -2.27. The van der Waals surface area contributed by atoms with Gasteiger partial charge in [-0.3, -0.25) is 9.08 Å². The summed E-state index contributed by atoms with van der Waals surface area (Å²) in [6.45, 7) is 6.52. The Morgan fingerprint density at radius 1 is 1.12 bits per heavy atom. The molecule has 0 unspecified atom stereocenters. The van der Waals surface area contributed by atoms with E-state index in [1.54, 1.807) is 24.3 Å². The van der Waals surface area contributed by atoms with E-state index in [9.17, 15) is 8.42 Å². The molecule has 1 aliphatic heterocycles. The zero-order chi connectivity index (χ0) is 17.9. The predicted molar refractivity (Wildman–Crippen MR) is 98.7 cm³/mol. The van der Waals surface area contributed by atoms with Crippen LogP contribution in [0.3, 0.4) is 0 Å². The van der Waals surface area contributed by atoms with Gasteiger partial charge in [-0.05, 0) is 44.5 Å². The molecule has 2 aromatic rings. The van der Waals surface area contributed by atoms with E-state index in [4.69, 9.17) is 4.18 Å². The third-order valence-electron chi connectivity index (χ3n) is 4.81. The molecule has 0 saturated carbocycles. The van der Waals surface area contributed by atoms with Crippen LogP contribution in [-0.2, 0) is 20.8 Å². The third kappa shape index (κ3) is 4.69. The molecule has 0 aliphatic carbocycles. The maximum absolute atomic E-state index is 12.4. The zero-order valence-corrected chi connectivity index (χ0v) is 15.6. The first-order chi connectivity index (χ1) is 11.9. The molecular formula is C20H25NO3S. The minimum atomic E-state index is -3.71. The normalized spacial score (nSPS) is 19.8. The molecular weight excluding hydrogens is 334 g/mol. The largest absolute Gasteiger partial charge is 0.299 e. The van der Waals surface area contributed by atoms with Crippen molar-refractivity contribution in [2.24, 2.45) is 5.92 Å². The second-order valence-electron chi connectivity index (χ2n) is 6.84. The molecule has 0 bridgehead atoms. The van der Waals surface area contributed by atoms with E-state index in [0.717, 1.165) is 31.6 Å². The first-order valence-corrected chi connectivity index (χ1v) is 10.1. The molecule has 4 nitrogen and oxygen atoms in total. The Hall–Kier alpha value is -1.69. The van der Waals surface area contributed by atoms with Gasteiger partial charge < -0.3 is 0 Å². The number of rotatable bonds is 6. The summed E-state index contributed by atoms with van der Waals surface area (Å²) in [5, 5.41) is 0. The summed E-state index contributed by atoms with van der Waals surface area (Å²) in [4.78, 5) is 2.59. The summed E-state index contributed by atoms with van der Waals surface area (Å²) in [6.07, 6.45) is 0.629. The molecule has 5 heteroatoms. The minimum absolute atomic E-state index is 0.226. The summed E-state index contributed by atoms with van der Waals surface area (Å²) in [5.74, 6) is 0.226. The highest BCUT2D eigenvalue weighted by Crippen LogP contribution is 2.26. The molecule has 1 heterocycles. The second kappa shape index (κ2) is 7.68. The molecule has 2 atom stereocenters. The molecule has 0 amide bonds. The minimum Gasteiger partial charge on any atom is -0.299 e. The Balaban J connectivity index is 1.58. The number of nitrogens with zero attached hydrogens (tertiary/aromatic N) is 1. The van der Waals surface area contributed by atoms with Crippen LogP contribution in [0.15, 0.2) is 59.5 Å². The summed E-state index contributed by atoms with van der Waals surface area (Å²) < 4.78 is 30.4. The van der Waals surface area contributed by atoms with Crippen molar-refractivity contribution in [3.8, 4) is 0 Å². The van der Waals surface area contributed by atoms with Gasteiger partial charge >= 0.3 is 0 Å². The van der Waals surface area contributed by atoms with Gasteiger partial charge in [-0.25, -0.2) is 0 Å². The molecule has 3 rings (SSSR count). The lowest BCUT2D eigenvalue weighted by Gasteiger charge is -2.21. The van der Waals surface area contributed by atoms with Crippen molar-refractivity contribution in [3.63, 3.8) is 0 Å². The van der Waals surface area contributed by atoms with E-state index in [0.29, 0.717) is 0 Å². The van der Waals surface area contributed by atoms with Crippen LogP contribution in [0.25, 0.3) is 0 Å². The van der Waals surface area contributed by atoms with E-state index < -0.39 is 10.1 Å². The zero-order valence-electron chi connectivity index (χ0n) is 14.8. The van der Waals surface area contributed by atoms with Crippen molar-refractivity contribution in [2.45, 2.75) is 37.8 Å². The van der Waals surface area contributed by atoms with Gasteiger partial charge in [-0.15, -0.1) is 0 Å². The molecule has 0 radical (unpaired) electrons. The summed E-state index contributed by atoms with van der Waals surface area (Å²) >= 11 is 0. The molecule has 2 aromatic carbocycles. The Morgan fingerprint density at radius 3 is 2.48 bits per heavy atom. The van der Waals surface area contributed by atoms with Gasteiger partial charge in [0.15, 0.2) is 0 Å². The number of likely N-dealkylation sites (tertiary alicyclic amines) is 1. The Labute approximate surface area is 150 Å². The maximum atomic E-state index is 12.4. The summed E-state index contributed by atoms with van der Waals surface area (Å²) in [7, 11) is -3.71. The second-order valence-corrected chi connectivity index (χ2v) is 8.41. The van der Waals surface area contributed by atoms with Gasteiger partial charge in [0.1, 0.15) is 0 Å². The van der Waals surface area contributed by atoms with Crippen LogP contribution in [0.1, 0.15) is 24.5 Å². The number of hydrogen-bond acceptors (Lipinski definition) is 4. The number of aryl methyl sites for hydroxylation is 1. The molecule has 134 valence electrons. The SMILES string of the molecule is Cc1ccc(S(=O)(=O)O[C@H](C)[C@@H]2CCN(Cc3ccccc3)C2)cc1. The van der Waals surface area contributed by atoms with E-state index in [2.05, 4.69) is 17.0 Å². The molecule has 25 heavy (non-hydrogen) atoms. The average molecular weight is 359 g/mol. The number of hydrogen-bond donors (Lipinski definition) is 0. The quantitative estimate of drug-likeness (QED) is 0.739. The van der Waals surface area contributed by atoms with E-state index in [1.165, 1.54) is 5.56 Å². The highest BCUT2D eigenvalue weighted by Gasteiger charge is 2.31. The van der Waals surface area contributed by atoms with Crippen LogP contribution in [0.4, 0.5) is 0 Å². The Bertz CT molecular complexity index is 787. The molecule has 1 aliphatic rings. The third-order valence-corrected chi connectivity index (χ3v) is 6.22. The van der Waals surface area contributed by atoms with Crippen molar-refractivity contribution in [3.05, 3.63) is 65.7 Å². The highest BCUT2D eigenvalue weighted by molar-refractivity contribution is 7.86. The van der Waals surface area contributed by atoms with E-state index >= 15 is 0 Å². The summed E-state index contributed by atoms with van der Waals surface area (Å²) in [5.41, 5.74) is 2.31. The van der Waals surface area contributed by atoms with Crippen LogP contribution in [0.5, 0.6) is 0 Å². The Kier molecular flexibility index (Phi) is 5.57. The van der Waals surface area contributed by atoms with E-state index in [1.807, 2.05) is 32.0 Å². The molecule has 1 saturated heterocycles. The van der Waals surface area contributed by atoms with Crippen molar-refractivity contribution >= 4 is 10.1 Å². The van der Waals surface area contributed by atoms with Gasteiger partial charge in [0.25, 0.3) is 10.1 Å². The standard InChI is InChI=1S/C20H25NO3S/c1-16-8-10-20(11-9-16)25(22,23)24-17(2)19-12-13-21(15-19)14-18-6-4-3-5-7-18/h3-11,17,19H,12-15H2,1-2H3/t17-,19-/m1/s1. The molecule has 1 fully saturated rings. The highest BCUT2D eigenvalue weighted by atomic mass is 32.2. The van der Waals surface area contributed by atoms with Crippen LogP contribution in [-0.4, -0.2) is 32.5 Å². The fourth-order valence-corrected chi connectivity index (χ4v) is 4.41. The number of benzene rings is 2. The summed E-state index contributed by atoms with van der Waals surface area (Å²) in [6, 6.07) is 17.1. The van der Waals surface area contributed by atoms with Crippen LogP contribution in [0, 0.1) is 12.8 Å². The Morgan fingerprint density at radius 2 is 1.80 bits per heavy atom. The first-order valence-electron chi connectivity index (χ1n) is 8.70. The molecule has 0 N–H and O–H groups in total. The van der Waals surface area contributed by atoms with Gasteiger partial charge in [0, 0.05) is 19.0 Å². The topological polar surface area (TPSA) is 46.6 Å². The first kappa shape index (κ1) is 18.1. The van der Waals surface area contributed by atoms with E-state index in [-0.39, 0.29) is 16.9 Å². The van der Waals surface area contributed by atoms with Crippen LogP contribution < -0.4 is 0 Å². The van der Waals surface area contributed by atoms with Crippen LogP contribution in [0.2, 0.25) is 0 Å². The predicted octanol–water partition coefficient (Wildman–Crippen LogP) is 3.61. The van der Waals surface area contributed by atoms with Crippen molar-refractivity contribution in [1.82, 2.24) is 4.90 Å².